The Morgan fingerprint density at radius 1 is 1.15 bits per heavy atom. The molecule has 1 N–H and O–H groups in total. The zero-order valence-corrected chi connectivity index (χ0v) is 14.7. The van der Waals surface area contributed by atoms with E-state index in [1.54, 1.807) is 24.3 Å². The van der Waals surface area contributed by atoms with E-state index in [4.69, 9.17) is 16.1 Å². The number of fused-ring (bicyclic) bond motifs is 1. The second kappa shape index (κ2) is 6.65. The van der Waals surface area contributed by atoms with E-state index in [1.807, 2.05) is 37.3 Å². The van der Waals surface area contributed by atoms with Crippen molar-refractivity contribution in [2.45, 2.75) is 13.3 Å². The molecule has 130 valence electrons. The molecule has 0 aliphatic heterocycles. The molecule has 0 saturated carbocycles. The highest BCUT2D eigenvalue weighted by Gasteiger charge is 2.13. The summed E-state index contributed by atoms with van der Waals surface area (Å²) in [4.78, 5) is 17.4. The molecule has 7 heteroatoms. The van der Waals surface area contributed by atoms with E-state index >= 15 is 0 Å². The average molecular weight is 367 g/mol. The SMILES string of the molecule is CCc1nc2ccc(Cl)cc2c(=O)n1Nc1cc(-c2ccccc2)no1. The second-order valence-corrected chi connectivity index (χ2v) is 6.17. The minimum Gasteiger partial charge on any atom is -0.336 e. The molecule has 2 heterocycles. The fourth-order valence-electron chi connectivity index (χ4n) is 2.74. The first-order valence-corrected chi connectivity index (χ1v) is 8.54. The monoisotopic (exact) mass is 366 g/mol. The van der Waals surface area contributed by atoms with Gasteiger partial charge in [0, 0.05) is 23.1 Å². The van der Waals surface area contributed by atoms with Crippen LogP contribution in [0.15, 0.2) is 63.9 Å². The third-order valence-corrected chi connectivity index (χ3v) is 4.25. The van der Waals surface area contributed by atoms with Gasteiger partial charge in [-0.25, -0.2) is 9.66 Å². The summed E-state index contributed by atoms with van der Waals surface area (Å²) in [5.41, 5.74) is 4.93. The lowest BCUT2D eigenvalue weighted by atomic mass is 10.2. The number of rotatable bonds is 4. The van der Waals surface area contributed by atoms with Crippen LogP contribution >= 0.6 is 11.6 Å². The van der Waals surface area contributed by atoms with Gasteiger partial charge in [-0.15, -0.1) is 0 Å². The Morgan fingerprint density at radius 3 is 2.73 bits per heavy atom. The summed E-state index contributed by atoms with van der Waals surface area (Å²) >= 11 is 6.02. The number of anilines is 1. The molecule has 2 aromatic heterocycles. The quantitative estimate of drug-likeness (QED) is 0.587. The number of nitrogens with zero attached hydrogens (tertiary/aromatic N) is 3. The van der Waals surface area contributed by atoms with Crippen molar-refractivity contribution in [2.24, 2.45) is 0 Å². The van der Waals surface area contributed by atoms with Gasteiger partial charge in [0.2, 0.25) is 5.88 Å². The third kappa shape index (κ3) is 2.95. The lowest BCUT2D eigenvalue weighted by molar-refractivity contribution is 0.430. The van der Waals surface area contributed by atoms with Crippen molar-refractivity contribution in [1.82, 2.24) is 14.8 Å². The molecule has 0 amide bonds. The summed E-state index contributed by atoms with van der Waals surface area (Å²) in [7, 11) is 0. The second-order valence-electron chi connectivity index (χ2n) is 5.74. The van der Waals surface area contributed by atoms with Crippen molar-refractivity contribution >= 4 is 28.4 Å². The third-order valence-electron chi connectivity index (χ3n) is 4.02. The maximum atomic E-state index is 12.9. The Balaban J connectivity index is 1.76. The Bertz CT molecular complexity index is 1140. The predicted molar refractivity (Wildman–Crippen MR) is 101 cm³/mol. The number of aryl methyl sites for hydroxylation is 1. The van der Waals surface area contributed by atoms with E-state index in [1.165, 1.54) is 4.68 Å². The van der Waals surface area contributed by atoms with Crippen molar-refractivity contribution < 1.29 is 4.52 Å². The van der Waals surface area contributed by atoms with Gasteiger partial charge in [0.1, 0.15) is 11.5 Å². The van der Waals surface area contributed by atoms with Crippen LogP contribution in [-0.2, 0) is 6.42 Å². The highest BCUT2D eigenvalue weighted by molar-refractivity contribution is 6.31. The lowest BCUT2D eigenvalue weighted by Gasteiger charge is -2.12. The molecule has 0 saturated heterocycles. The van der Waals surface area contributed by atoms with Gasteiger partial charge in [-0.05, 0) is 18.2 Å². The van der Waals surface area contributed by atoms with Crippen LogP contribution in [-0.4, -0.2) is 14.8 Å². The Labute approximate surface area is 154 Å². The summed E-state index contributed by atoms with van der Waals surface area (Å²) in [5.74, 6) is 0.936. The molecule has 4 rings (SSSR count). The lowest BCUT2D eigenvalue weighted by Crippen LogP contribution is -2.30. The molecule has 0 radical (unpaired) electrons. The van der Waals surface area contributed by atoms with Gasteiger partial charge in [-0.3, -0.25) is 10.2 Å². The zero-order chi connectivity index (χ0) is 18.1. The average Bonchev–Trinajstić information content (AvgIpc) is 3.14. The maximum Gasteiger partial charge on any atom is 0.280 e. The van der Waals surface area contributed by atoms with E-state index in [9.17, 15) is 4.79 Å². The Kier molecular flexibility index (Phi) is 4.18. The van der Waals surface area contributed by atoms with Crippen molar-refractivity contribution in [2.75, 3.05) is 5.43 Å². The molecule has 0 aliphatic carbocycles. The summed E-state index contributed by atoms with van der Waals surface area (Å²) in [6, 6.07) is 16.5. The van der Waals surface area contributed by atoms with E-state index in [-0.39, 0.29) is 5.56 Å². The standard InChI is InChI=1S/C19H15ClN4O2/c1-2-17-21-15-9-8-13(20)10-14(15)19(25)24(17)22-18-11-16(23-26-18)12-6-4-3-5-7-12/h3-11,22H,2H2,1H3. The maximum absolute atomic E-state index is 12.9. The highest BCUT2D eigenvalue weighted by atomic mass is 35.5. The van der Waals surface area contributed by atoms with Gasteiger partial charge < -0.3 is 4.52 Å². The van der Waals surface area contributed by atoms with Gasteiger partial charge in [0.25, 0.3) is 5.56 Å². The Hall–Kier alpha value is -3.12. The van der Waals surface area contributed by atoms with Gasteiger partial charge >= 0.3 is 0 Å². The number of hydrogen-bond donors (Lipinski definition) is 1. The van der Waals surface area contributed by atoms with E-state index in [0.29, 0.717) is 39.7 Å². The van der Waals surface area contributed by atoms with Crippen molar-refractivity contribution in [1.29, 1.82) is 0 Å². The van der Waals surface area contributed by atoms with Crippen LogP contribution in [0.5, 0.6) is 0 Å². The molecule has 26 heavy (non-hydrogen) atoms. The summed E-state index contributed by atoms with van der Waals surface area (Å²) in [6.07, 6.45) is 0.570. The van der Waals surface area contributed by atoms with Crippen LogP contribution < -0.4 is 11.0 Å². The van der Waals surface area contributed by atoms with Crippen LogP contribution in [0.1, 0.15) is 12.7 Å². The summed E-state index contributed by atoms with van der Waals surface area (Å²) in [5, 5.41) is 4.97. The zero-order valence-electron chi connectivity index (χ0n) is 13.9. The van der Waals surface area contributed by atoms with Crippen molar-refractivity contribution in [3.63, 3.8) is 0 Å². The van der Waals surface area contributed by atoms with Crippen LogP contribution in [0.3, 0.4) is 0 Å². The summed E-state index contributed by atoms with van der Waals surface area (Å²) in [6.45, 7) is 1.93. The predicted octanol–water partition coefficient (Wildman–Crippen LogP) is 4.14. The molecular formula is C19H15ClN4O2. The van der Waals surface area contributed by atoms with Gasteiger partial charge in [0.15, 0.2) is 0 Å². The number of hydrogen-bond acceptors (Lipinski definition) is 5. The van der Waals surface area contributed by atoms with Crippen LogP contribution in [0.4, 0.5) is 5.88 Å². The van der Waals surface area contributed by atoms with Crippen molar-refractivity contribution in [3.05, 3.63) is 75.8 Å². The van der Waals surface area contributed by atoms with E-state index in [2.05, 4.69) is 15.6 Å². The number of nitrogens with one attached hydrogen (secondary N) is 1. The molecular weight excluding hydrogens is 352 g/mol. The highest BCUT2D eigenvalue weighted by Crippen LogP contribution is 2.22. The largest absolute Gasteiger partial charge is 0.336 e. The fourth-order valence-corrected chi connectivity index (χ4v) is 2.91. The molecule has 0 atom stereocenters. The first-order valence-electron chi connectivity index (χ1n) is 8.16. The van der Waals surface area contributed by atoms with E-state index in [0.717, 1.165) is 5.56 Å². The number of halogens is 1. The molecule has 2 aromatic carbocycles. The first kappa shape index (κ1) is 16.4. The minimum absolute atomic E-state index is 0.244. The van der Waals surface area contributed by atoms with Gasteiger partial charge in [0.05, 0.1) is 10.9 Å². The minimum atomic E-state index is -0.244. The number of benzene rings is 2. The molecule has 0 fully saturated rings. The molecule has 0 spiro atoms. The van der Waals surface area contributed by atoms with Gasteiger partial charge in [-0.1, -0.05) is 54.0 Å². The summed E-state index contributed by atoms with van der Waals surface area (Å²) < 4.78 is 6.71. The van der Waals surface area contributed by atoms with Gasteiger partial charge in [-0.2, -0.15) is 0 Å². The molecule has 6 nitrogen and oxygen atoms in total. The fraction of sp³-hybridized carbons (Fsp3) is 0.105. The molecule has 0 bridgehead atoms. The van der Waals surface area contributed by atoms with Crippen LogP contribution in [0.2, 0.25) is 5.02 Å². The van der Waals surface area contributed by atoms with Crippen molar-refractivity contribution in [3.8, 4) is 11.3 Å². The Morgan fingerprint density at radius 2 is 1.96 bits per heavy atom. The topological polar surface area (TPSA) is 73.0 Å². The van der Waals surface area contributed by atoms with E-state index < -0.39 is 0 Å². The van der Waals surface area contributed by atoms with Crippen LogP contribution in [0.25, 0.3) is 22.2 Å². The smallest absolute Gasteiger partial charge is 0.280 e. The normalized spacial score (nSPS) is 11.0. The molecule has 0 aliphatic rings. The molecule has 0 unspecified atom stereocenters. The first-order chi connectivity index (χ1) is 12.7. The number of aromatic nitrogens is 3. The molecule has 4 aromatic rings. The van der Waals surface area contributed by atoms with Crippen LogP contribution in [0, 0.1) is 0 Å².